The van der Waals surface area contributed by atoms with E-state index in [1.165, 1.54) is 43.3 Å². The van der Waals surface area contributed by atoms with Crippen LogP contribution in [-0.2, 0) is 33.2 Å². The zero-order valence-corrected chi connectivity index (χ0v) is 33.9. The van der Waals surface area contributed by atoms with Crippen molar-refractivity contribution in [1.29, 1.82) is 0 Å². The average molecular weight is 921 g/mol. The normalized spacial score (nSPS) is 34.8. The molecule has 65 heavy (non-hydrogen) atoms. The summed E-state index contributed by atoms with van der Waals surface area (Å²) in [5.74, 6) is -4.78. The molecule has 23 heteroatoms. The van der Waals surface area contributed by atoms with Crippen molar-refractivity contribution in [3.05, 3.63) is 77.1 Å². The van der Waals surface area contributed by atoms with Crippen LogP contribution < -0.4 is 9.47 Å². The minimum atomic E-state index is -2.03. The smallest absolute Gasteiger partial charge is 0.331 e. The van der Waals surface area contributed by atoms with Gasteiger partial charge in [0, 0.05) is 23.8 Å². The van der Waals surface area contributed by atoms with Crippen molar-refractivity contribution in [2.75, 3.05) is 13.2 Å². The van der Waals surface area contributed by atoms with E-state index in [4.69, 9.17) is 37.9 Å². The number of ether oxygens (including phenoxy) is 8. The number of aliphatic hydroxyl groups excluding tert-OH is 9. The van der Waals surface area contributed by atoms with Crippen LogP contribution in [0.15, 0.2) is 60.4 Å². The van der Waals surface area contributed by atoms with Crippen LogP contribution in [0.2, 0.25) is 0 Å². The summed E-state index contributed by atoms with van der Waals surface area (Å²) in [6.45, 7) is -0.0865. The summed E-state index contributed by atoms with van der Waals surface area (Å²) >= 11 is 0. The van der Waals surface area contributed by atoms with E-state index in [1.807, 2.05) is 0 Å². The zero-order chi connectivity index (χ0) is 47.0. The van der Waals surface area contributed by atoms with E-state index in [0.29, 0.717) is 5.56 Å². The average Bonchev–Trinajstić information content (AvgIpc) is 3.27. The molecule has 4 aliphatic heterocycles. The number of phenolic OH excluding ortho intramolecular Hbond substituents is 5. The molecule has 3 aromatic carbocycles. The van der Waals surface area contributed by atoms with Crippen molar-refractivity contribution in [3.63, 3.8) is 0 Å². The van der Waals surface area contributed by atoms with Crippen LogP contribution in [-0.4, -0.2) is 183 Å². The van der Waals surface area contributed by atoms with Crippen LogP contribution in [0.4, 0.5) is 0 Å². The van der Waals surface area contributed by atoms with Crippen molar-refractivity contribution in [3.8, 4) is 40.2 Å². The number of carbonyl (C=O) groups excluding carboxylic acids is 1. The minimum absolute atomic E-state index is 0.00496. The summed E-state index contributed by atoms with van der Waals surface area (Å²) < 4.78 is 46.0. The van der Waals surface area contributed by atoms with Crippen molar-refractivity contribution >= 4 is 18.1 Å². The van der Waals surface area contributed by atoms with Crippen molar-refractivity contribution in [2.45, 2.75) is 105 Å². The molecule has 0 amide bonds. The maximum atomic E-state index is 12.7. The van der Waals surface area contributed by atoms with Gasteiger partial charge in [0.05, 0.1) is 24.9 Å². The van der Waals surface area contributed by atoms with Crippen LogP contribution in [0, 0.1) is 0 Å². The number of esters is 1. The van der Waals surface area contributed by atoms with E-state index >= 15 is 0 Å². The Balaban J connectivity index is 1.12. The van der Waals surface area contributed by atoms with Crippen LogP contribution >= 0.6 is 0 Å². The Morgan fingerprint density at radius 2 is 1.29 bits per heavy atom. The summed E-state index contributed by atoms with van der Waals surface area (Å²) in [4.78, 5) is 12.7. The second kappa shape index (κ2) is 19.5. The lowest BCUT2D eigenvalue weighted by molar-refractivity contribution is -0.325. The van der Waals surface area contributed by atoms with Crippen LogP contribution in [0.5, 0.6) is 40.2 Å². The Morgan fingerprint density at radius 1 is 0.677 bits per heavy atom. The van der Waals surface area contributed by atoms with Gasteiger partial charge in [0.1, 0.15) is 89.8 Å². The third-order valence-electron chi connectivity index (χ3n) is 11.0. The molecule has 0 aliphatic carbocycles. The van der Waals surface area contributed by atoms with Gasteiger partial charge in [-0.3, -0.25) is 0 Å². The highest BCUT2D eigenvalue weighted by atomic mass is 16.7. The van der Waals surface area contributed by atoms with E-state index in [-0.39, 0.29) is 34.1 Å². The molecule has 16 unspecified atom stereocenters. The molecule has 0 aromatic heterocycles. The fraction of sp³-hybridized carbons (Fsp3) is 0.452. The predicted molar refractivity (Wildman–Crippen MR) is 212 cm³/mol. The molecule has 7 rings (SSSR count). The van der Waals surface area contributed by atoms with E-state index in [0.717, 1.165) is 30.3 Å². The molecule has 0 spiro atoms. The van der Waals surface area contributed by atoms with Crippen LogP contribution in [0.3, 0.4) is 0 Å². The number of hydrogen-bond acceptors (Lipinski definition) is 23. The first-order valence-corrected chi connectivity index (χ1v) is 20.0. The van der Waals surface area contributed by atoms with Gasteiger partial charge in [0.2, 0.25) is 12.6 Å². The number of hydrogen-bond donors (Lipinski definition) is 14. The number of fused-ring (bicyclic) bond motifs is 1. The Kier molecular flexibility index (Phi) is 14.3. The molecule has 3 fully saturated rings. The molecule has 23 nitrogen and oxygen atoms in total. The number of aromatic hydroxyl groups is 5. The Hall–Kier alpha value is -5.51. The molecule has 4 heterocycles. The molecule has 4 aliphatic rings. The molecular weight excluding hydrogens is 872 g/mol. The standard InChI is InChI=1S/C42H48O23/c1-15-29(49)39(65-28(48)7-4-16-2-5-18(44)6-3-16)37(57)40(59-15)58-14-27-32(52)34(54)36(56)42(64-27)62-25-12-20-23(60-38(25)17-8-21(46)30(50)22(47)9-17)10-19(45)11-24(20)61-41-35(55)33(53)31(51)26(13-43)63-41/h2-12,15,26-27,29,31-47,49-57H,13-14H2,1H3. The lowest BCUT2D eigenvalue weighted by Gasteiger charge is -2.43. The highest BCUT2D eigenvalue weighted by Gasteiger charge is 2.50. The van der Waals surface area contributed by atoms with Crippen LogP contribution in [0.25, 0.3) is 12.2 Å². The molecule has 3 saturated heterocycles. The first-order chi connectivity index (χ1) is 30.8. The van der Waals surface area contributed by atoms with Gasteiger partial charge in [-0.05, 0) is 48.9 Å². The van der Waals surface area contributed by atoms with E-state index < -0.39 is 140 Å². The fourth-order valence-electron chi connectivity index (χ4n) is 7.39. The molecule has 0 radical (unpaired) electrons. The lowest BCUT2D eigenvalue weighted by Crippen LogP contribution is -2.61. The number of benzene rings is 3. The largest absolute Gasteiger partial charge is 0.508 e. The highest BCUT2D eigenvalue weighted by molar-refractivity contribution is 5.87. The first kappa shape index (κ1) is 47.5. The third kappa shape index (κ3) is 10.0. The van der Waals surface area contributed by atoms with E-state index in [1.54, 1.807) is 0 Å². The van der Waals surface area contributed by atoms with Crippen LogP contribution in [0.1, 0.15) is 29.7 Å². The molecular formula is C42H48O23. The van der Waals surface area contributed by atoms with Gasteiger partial charge in [-0.25, -0.2) is 4.79 Å². The van der Waals surface area contributed by atoms with E-state index in [9.17, 15) is 76.3 Å². The molecule has 14 N–H and O–H groups in total. The summed E-state index contributed by atoms with van der Waals surface area (Å²) in [5, 5.41) is 147. The molecule has 3 aromatic rings. The monoisotopic (exact) mass is 920 g/mol. The summed E-state index contributed by atoms with van der Waals surface area (Å²) in [6.07, 6.45) is -23.6. The molecule has 354 valence electrons. The second-order valence-corrected chi connectivity index (χ2v) is 15.6. The number of rotatable bonds is 12. The van der Waals surface area contributed by atoms with Gasteiger partial charge < -0.3 is 109 Å². The van der Waals surface area contributed by atoms with Gasteiger partial charge in [-0.1, -0.05) is 12.1 Å². The topological polar surface area (TPSA) is 374 Å². The maximum absolute atomic E-state index is 12.7. The Morgan fingerprint density at radius 3 is 1.94 bits per heavy atom. The summed E-state index contributed by atoms with van der Waals surface area (Å²) in [5.41, 5.74) is 0.349. The Labute approximate surface area is 367 Å². The molecule has 0 bridgehead atoms. The number of aliphatic hydroxyl groups is 9. The molecule has 16 atom stereocenters. The number of phenols is 5. The third-order valence-corrected chi connectivity index (χ3v) is 11.0. The van der Waals surface area contributed by atoms with Crippen molar-refractivity contribution in [1.82, 2.24) is 0 Å². The fourth-order valence-corrected chi connectivity index (χ4v) is 7.39. The van der Waals surface area contributed by atoms with Gasteiger partial charge in [0.25, 0.3) is 0 Å². The minimum Gasteiger partial charge on any atom is -0.508 e. The Bertz CT molecular complexity index is 2190. The summed E-state index contributed by atoms with van der Waals surface area (Å²) in [7, 11) is 0. The van der Waals surface area contributed by atoms with Crippen molar-refractivity contribution in [2.24, 2.45) is 0 Å². The second-order valence-electron chi connectivity index (χ2n) is 15.6. The van der Waals surface area contributed by atoms with Gasteiger partial charge >= 0.3 is 5.97 Å². The number of carbonyl (C=O) groups is 1. The highest BCUT2D eigenvalue weighted by Crippen LogP contribution is 2.48. The molecule has 0 saturated carbocycles. The quantitative estimate of drug-likeness (QED) is 0.0521. The van der Waals surface area contributed by atoms with Gasteiger partial charge in [-0.15, -0.1) is 0 Å². The SMILES string of the molecule is CC1OC(OCC2OC(OC3=Cc4c(cc(O)cc4OC4OC(CO)C(O)C(O)C4O)OC3c3cc(O)c(O)c(O)c3)C(O)C(O)C2O)C(O)C(OC(=O)C=Cc2ccc(O)cc2)C1O. The first-order valence-electron chi connectivity index (χ1n) is 20.0. The summed E-state index contributed by atoms with van der Waals surface area (Å²) in [6, 6.07) is 9.94. The zero-order valence-electron chi connectivity index (χ0n) is 33.9. The van der Waals surface area contributed by atoms with Gasteiger partial charge in [0.15, 0.2) is 35.7 Å². The van der Waals surface area contributed by atoms with Crippen molar-refractivity contribution < 1.29 is 114 Å². The van der Waals surface area contributed by atoms with Gasteiger partial charge in [-0.2, -0.15) is 0 Å². The lowest BCUT2D eigenvalue weighted by atomic mass is 9.98. The van der Waals surface area contributed by atoms with E-state index in [2.05, 4.69) is 0 Å². The predicted octanol–water partition coefficient (Wildman–Crippen LogP) is -2.20. The maximum Gasteiger partial charge on any atom is 0.331 e.